The summed E-state index contributed by atoms with van der Waals surface area (Å²) in [6, 6.07) is 12.9. The number of hydrogen-bond donors (Lipinski definition) is 1. The van der Waals surface area contributed by atoms with Crippen LogP contribution in [-0.2, 0) is 11.2 Å². The topological polar surface area (TPSA) is 71.3 Å². The van der Waals surface area contributed by atoms with E-state index in [0.717, 1.165) is 5.56 Å². The molecule has 0 heterocycles. The van der Waals surface area contributed by atoms with Crippen LogP contribution in [0.5, 0.6) is 11.5 Å². The number of nitrogens with zero attached hydrogens (tertiary/aromatic N) is 1. The van der Waals surface area contributed by atoms with Crippen molar-refractivity contribution >= 4 is 5.91 Å². The van der Waals surface area contributed by atoms with Gasteiger partial charge in [0.05, 0.1) is 12.7 Å². The number of nitrogens with one attached hydrogen (secondary N) is 1. The van der Waals surface area contributed by atoms with E-state index in [0.29, 0.717) is 30.0 Å². The Morgan fingerprint density at radius 3 is 2.67 bits per heavy atom. The highest BCUT2D eigenvalue weighted by atomic mass is 19.1. The summed E-state index contributed by atoms with van der Waals surface area (Å²) < 4.78 is 23.2. The fourth-order valence-electron chi connectivity index (χ4n) is 2.05. The van der Waals surface area contributed by atoms with Gasteiger partial charge < -0.3 is 14.8 Å². The molecule has 5 nitrogen and oxygen atoms in total. The lowest BCUT2D eigenvalue weighted by atomic mass is 10.1. The number of benzene rings is 2. The van der Waals surface area contributed by atoms with Crippen molar-refractivity contribution in [1.82, 2.24) is 5.32 Å². The summed E-state index contributed by atoms with van der Waals surface area (Å²) in [7, 11) is 1.46. The van der Waals surface area contributed by atoms with Gasteiger partial charge in [0, 0.05) is 12.6 Å². The van der Waals surface area contributed by atoms with E-state index in [4.69, 9.17) is 14.7 Å². The first-order valence-electron chi connectivity index (χ1n) is 7.34. The van der Waals surface area contributed by atoms with Crippen molar-refractivity contribution in [3.63, 3.8) is 0 Å². The SMILES string of the molecule is COc1cc(OCC(=O)NCCc2ccc(F)cc2)ccc1C#N. The van der Waals surface area contributed by atoms with E-state index in [1.54, 1.807) is 30.3 Å². The fourth-order valence-corrected chi connectivity index (χ4v) is 2.05. The molecule has 0 unspecified atom stereocenters. The minimum absolute atomic E-state index is 0.140. The van der Waals surface area contributed by atoms with Crippen LogP contribution in [0.25, 0.3) is 0 Å². The molecule has 24 heavy (non-hydrogen) atoms. The molecule has 0 aromatic heterocycles. The van der Waals surface area contributed by atoms with Crippen LogP contribution in [0.1, 0.15) is 11.1 Å². The monoisotopic (exact) mass is 328 g/mol. The Morgan fingerprint density at radius 1 is 1.25 bits per heavy atom. The van der Waals surface area contributed by atoms with Crippen molar-refractivity contribution in [2.75, 3.05) is 20.3 Å². The molecule has 2 rings (SSSR count). The van der Waals surface area contributed by atoms with Gasteiger partial charge >= 0.3 is 0 Å². The molecule has 0 radical (unpaired) electrons. The van der Waals surface area contributed by atoms with E-state index in [1.807, 2.05) is 6.07 Å². The summed E-state index contributed by atoms with van der Waals surface area (Å²) in [5.74, 6) is 0.292. The number of methoxy groups -OCH3 is 1. The Morgan fingerprint density at radius 2 is 2.00 bits per heavy atom. The summed E-state index contributed by atoms with van der Waals surface area (Å²) >= 11 is 0. The molecule has 0 aliphatic heterocycles. The van der Waals surface area contributed by atoms with Crippen molar-refractivity contribution in [2.45, 2.75) is 6.42 Å². The molecule has 0 saturated carbocycles. The lowest BCUT2D eigenvalue weighted by molar-refractivity contribution is -0.123. The molecule has 124 valence electrons. The van der Waals surface area contributed by atoms with Gasteiger partial charge in [0.25, 0.3) is 5.91 Å². The predicted octanol–water partition coefficient (Wildman–Crippen LogP) is 2.44. The molecule has 2 aromatic carbocycles. The zero-order chi connectivity index (χ0) is 17.4. The lowest BCUT2D eigenvalue weighted by Crippen LogP contribution is -2.30. The molecule has 6 heteroatoms. The summed E-state index contributed by atoms with van der Waals surface area (Å²) in [4.78, 5) is 11.8. The summed E-state index contributed by atoms with van der Waals surface area (Å²) in [6.07, 6.45) is 0.608. The van der Waals surface area contributed by atoms with Crippen molar-refractivity contribution in [3.05, 3.63) is 59.4 Å². The Bertz CT molecular complexity index is 739. The second-order valence-corrected chi connectivity index (χ2v) is 4.99. The van der Waals surface area contributed by atoms with E-state index in [9.17, 15) is 9.18 Å². The second kappa shape index (κ2) is 8.53. The first-order chi connectivity index (χ1) is 11.6. The standard InChI is InChI=1S/C18H17FN2O3/c1-23-17-10-16(7-4-14(17)11-20)24-12-18(22)21-9-8-13-2-5-15(19)6-3-13/h2-7,10H,8-9,12H2,1H3,(H,21,22). The van der Waals surface area contributed by atoms with Crippen molar-refractivity contribution in [2.24, 2.45) is 0 Å². The third kappa shape index (κ3) is 4.99. The highest BCUT2D eigenvalue weighted by molar-refractivity contribution is 5.77. The fraction of sp³-hybridized carbons (Fsp3) is 0.222. The van der Waals surface area contributed by atoms with Crippen LogP contribution in [0.3, 0.4) is 0 Å². The van der Waals surface area contributed by atoms with Gasteiger partial charge in [-0.3, -0.25) is 4.79 Å². The van der Waals surface area contributed by atoms with Crippen LogP contribution in [0.4, 0.5) is 4.39 Å². The predicted molar refractivity (Wildman–Crippen MR) is 86.3 cm³/mol. The number of carbonyl (C=O) groups is 1. The minimum Gasteiger partial charge on any atom is -0.495 e. The maximum absolute atomic E-state index is 12.8. The maximum atomic E-state index is 12.8. The van der Waals surface area contributed by atoms with Crippen LogP contribution in [0.2, 0.25) is 0 Å². The average Bonchev–Trinajstić information content (AvgIpc) is 2.61. The first kappa shape index (κ1) is 17.3. The summed E-state index contributed by atoms with van der Waals surface area (Å²) in [5.41, 5.74) is 1.34. The number of halogens is 1. The Balaban J connectivity index is 1.77. The normalized spacial score (nSPS) is 9.88. The third-order valence-electron chi connectivity index (χ3n) is 3.31. The number of amides is 1. The van der Waals surface area contributed by atoms with Gasteiger partial charge in [0.2, 0.25) is 0 Å². The van der Waals surface area contributed by atoms with Crippen LogP contribution < -0.4 is 14.8 Å². The molecular weight excluding hydrogens is 311 g/mol. The number of ether oxygens (including phenoxy) is 2. The molecule has 0 saturated heterocycles. The largest absolute Gasteiger partial charge is 0.495 e. The molecule has 0 bridgehead atoms. The smallest absolute Gasteiger partial charge is 0.257 e. The highest BCUT2D eigenvalue weighted by Gasteiger charge is 2.07. The van der Waals surface area contributed by atoms with Gasteiger partial charge in [-0.1, -0.05) is 12.1 Å². The molecule has 0 aliphatic carbocycles. The van der Waals surface area contributed by atoms with E-state index in [-0.39, 0.29) is 18.3 Å². The van der Waals surface area contributed by atoms with Gasteiger partial charge in [-0.15, -0.1) is 0 Å². The zero-order valence-corrected chi connectivity index (χ0v) is 13.2. The van der Waals surface area contributed by atoms with Crippen molar-refractivity contribution in [3.8, 4) is 17.6 Å². The number of hydrogen-bond acceptors (Lipinski definition) is 4. The molecular formula is C18H17FN2O3. The summed E-state index contributed by atoms with van der Waals surface area (Å²) in [5, 5.41) is 11.6. The van der Waals surface area contributed by atoms with Crippen molar-refractivity contribution < 1.29 is 18.7 Å². The third-order valence-corrected chi connectivity index (χ3v) is 3.31. The lowest BCUT2D eigenvalue weighted by Gasteiger charge is -2.09. The van der Waals surface area contributed by atoms with Gasteiger partial charge in [-0.25, -0.2) is 4.39 Å². The second-order valence-electron chi connectivity index (χ2n) is 4.99. The highest BCUT2D eigenvalue weighted by Crippen LogP contribution is 2.23. The van der Waals surface area contributed by atoms with Crippen LogP contribution >= 0.6 is 0 Å². The molecule has 0 atom stereocenters. The van der Waals surface area contributed by atoms with E-state index in [1.165, 1.54) is 19.2 Å². The average molecular weight is 328 g/mol. The Kier molecular flexibility index (Phi) is 6.15. The van der Waals surface area contributed by atoms with Crippen LogP contribution in [0.15, 0.2) is 42.5 Å². The molecule has 0 aliphatic rings. The van der Waals surface area contributed by atoms with Gasteiger partial charge in [-0.2, -0.15) is 5.26 Å². The van der Waals surface area contributed by atoms with Gasteiger partial charge in [0.1, 0.15) is 23.4 Å². The van der Waals surface area contributed by atoms with Crippen LogP contribution in [-0.4, -0.2) is 26.2 Å². The first-order valence-corrected chi connectivity index (χ1v) is 7.34. The Labute approximate surface area is 139 Å². The quantitative estimate of drug-likeness (QED) is 0.847. The molecule has 1 N–H and O–H groups in total. The van der Waals surface area contributed by atoms with E-state index < -0.39 is 0 Å². The number of rotatable bonds is 7. The van der Waals surface area contributed by atoms with Gasteiger partial charge in [0.15, 0.2) is 6.61 Å². The van der Waals surface area contributed by atoms with E-state index >= 15 is 0 Å². The molecule has 2 aromatic rings. The molecule has 0 spiro atoms. The van der Waals surface area contributed by atoms with E-state index in [2.05, 4.69) is 5.32 Å². The molecule has 1 amide bonds. The number of carbonyl (C=O) groups excluding carboxylic acids is 1. The summed E-state index contributed by atoms with van der Waals surface area (Å²) in [6.45, 7) is 0.295. The number of nitriles is 1. The van der Waals surface area contributed by atoms with Crippen molar-refractivity contribution in [1.29, 1.82) is 5.26 Å². The van der Waals surface area contributed by atoms with Gasteiger partial charge in [-0.05, 0) is 36.2 Å². The van der Waals surface area contributed by atoms with Crippen LogP contribution in [0, 0.1) is 17.1 Å². The molecule has 0 fully saturated rings. The zero-order valence-electron chi connectivity index (χ0n) is 13.2. The minimum atomic E-state index is -0.283. The maximum Gasteiger partial charge on any atom is 0.257 e. The Hall–Kier alpha value is -3.07.